The van der Waals surface area contributed by atoms with Gasteiger partial charge in [-0.2, -0.15) is 0 Å². The fourth-order valence-electron chi connectivity index (χ4n) is 3.83. The monoisotopic (exact) mass is 330 g/mol. The third-order valence-corrected chi connectivity index (χ3v) is 6.15. The van der Waals surface area contributed by atoms with Gasteiger partial charge in [-0.15, -0.1) is 0 Å². The maximum atomic E-state index is 6.13. The minimum atomic E-state index is -0.352. The van der Waals surface area contributed by atoms with Gasteiger partial charge in [0.15, 0.2) is 0 Å². The first-order valence-corrected chi connectivity index (χ1v) is 9.05. The predicted molar refractivity (Wildman–Crippen MR) is 93.7 cm³/mol. The van der Waals surface area contributed by atoms with Crippen molar-refractivity contribution in [2.45, 2.75) is 76.3 Å². The van der Waals surface area contributed by atoms with E-state index in [9.17, 15) is 0 Å². The lowest BCUT2D eigenvalue weighted by Gasteiger charge is -2.32. The normalized spacial score (nSPS) is 33.2. The summed E-state index contributed by atoms with van der Waals surface area (Å²) in [6, 6.07) is 8.05. The van der Waals surface area contributed by atoms with Crippen molar-refractivity contribution in [3.05, 3.63) is 24.3 Å². The number of benzene rings is 1. The molecule has 130 valence electrons. The topological polar surface area (TPSA) is 36.9 Å². The van der Waals surface area contributed by atoms with E-state index in [-0.39, 0.29) is 23.9 Å². The molecule has 0 spiro atoms. The van der Waals surface area contributed by atoms with Crippen molar-refractivity contribution in [3.63, 3.8) is 0 Å². The molecule has 3 saturated heterocycles. The second-order valence-electron chi connectivity index (χ2n) is 8.45. The number of ether oxygens (including phenoxy) is 2. The molecule has 0 aromatic heterocycles. The van der Waals surface area contributed by atoms with Gasteiger partial charge in [-0.25, -0.2) is 0 Å². The summed E-state index contributed by atoms with van der Waals surface area (Å²) >= 11 is 0. The minimum Gasteiger partial charge on any atom is -0.491 e. The summed E-state index contributed by atoms with van der Waals surface area (Å²) in [6.07, 6.45) is 5.06. The van der Waals surface area contributed by atoms with Crippen LogP contribution < -0.4 is 10.2 Å². The molecule has 0 saturated carbocycles. The Bertz CT molecular complexity index is 604. The van der Waals surface area contributed by atoms with Crippen molar-refractivity contribution in [2.24, 2.45) is 0 Å². The van der Waals surface area contributed by atoms with E-state index in [0.29, 0.717) is 12.7 Å². The second kappa shape index (κ2) is 5.48. The Morgan fingerprint density at radius 3 is 2.33 bits per heavy atom. The van der Waals surface area contributed by atoms with Gasteiger partial charge in [-0.3, -0.25) is 0 Å². The van der Waals surface area contributed by atoms with Crippen LogP contribution in [0.5, 0.6) is 5.75 Å². The number of rotatable bonds is 4. The molecule has 0 amide bonds. The summed E-state index contributed by atoms with van der Waals surface area (Å²) in [4.78, 5) is 0. The van der Waals surface area contributed by atoms with E-state index in [1.807, 2.05) is 24.3 Å². The summed E-state index contributed by atoms with van der Waals surface area (Å²) < 4.78 is 24.4. The lowest BCUT2D eigenvalue weighted by Crippen LogP contribution is -2.41. The molecule has 1 aromatic carbocycles. The van der Waals surface area contributed by atoms with Crippen LogP contribution in [0.1, 0.15) is 53.4 Å². The van der Waals surface area contributed by atoms with Crippen LogP contribution in [0.3, 0.4) is 0 Å². The van der Waals surface area contributed by atoms with Gasteiger partial charge < -0.3 is 18.8 Å². The van der Waals surface area contributed by atoms with E-state index in [2.05, 4.69) is 27.7 Å². The van der Waals surface area contributed by atoms with Crippen LogP contribution in [0.4, 0.5) is 0 Å². The van der Waals surface area contributed by atoms with E-state index in [0.717, 1.165) is 24.1 Å². The first-order valence-electron chi connectivity index (χ1n) is 9.05. The maximum Gasteiger partial charge on any atom is 0.494 e. The first-order chi connectivity index (χ1) is 11.3. The third-order valence-electron chi connectivity index (χ3n) is 6.15. The Balaban J connectivity index is 1.45. The van der Waals surface area contributed by atoms with E-state index < -0.39 is 0 Å². The van der Waals surface area contributed by atoms with Crippen molar-refractivity contribution >= 4 is 12.6 Å². The van der Waals surface area contributed by atoms with Crippen LogP contribution in [0.15, 0.2) is 24.3 Å². The molecule has 1 aromatic rings. The van der Waals surface area contributed by atoms with Gasteiger partial charge in [0.05, 0.1) is 17.3 Å². The van der Waals surface area contributed by atoms with Gasteiger partial charge >= 0.3 is 7.12 Å². The van der Waals surface area contributed by atoms with Gasteiger partial charge in [-0.1, -0.05) is 12.1 Å². The first kappa shape index (κ1) is 16.4. The highest BCUT2D eigenvalue weighted by Gasteiger charge is 2.52. The summed E-state index contributed by atoms with van der Waals surface area (Å²) in [5, 5.41) is 0. The van der Waals surface area contributed by atoms with Crippen LogP contribution in [-0.4, -0.2) is 36.6 Å². The summed E-state index contributed by atoms with van der Waals surface area (Å²) in [5.74, 6) is 0.857. The maximum absolute atomic E-state index is 6.13. The molecule has 24 heavy (non-hydrogen) atoms. The molecule has 4 rings (SSSR count). The Hall–Kier alpha value is -1.04. The van der Waals surface area contributed by atoms with E-state index in [1.54, 1.807) is 0 Å². The van der Waals surface area contributed by atoms with Crippen molar-refractivity contribution < 1.29 is 18.8 Å². The zero-order valence-corrected chi connectivity index (χ0v) is 15.1. The molecule has 3 fully saturated rings. The molecule has 0 unspecified atom stereocenters. The fourth-order valence-corrected chi connectivity index (χ4v) is 3.83. The second-order valence-corrected chi connectivity index (χ2v) is 8.45. The van der Waals surface area contributed by atoms with E-state index >= 15 is 0 Å². The molecule has 4 nitrogen and oxygen atoms in total. The molecule has 3 aliphatic rings. The van der Waals surface area contributed by atoms with Crippen LogP contribution in [0.2, 0.25) is 0 Å². The highest BCUT2D eigenvalue weighted by atomic mass is 16.7. The van der Waals surface area contributed by atoms with Crippen LogP contribution in [-0.2, 0) is 14.0 Å². The van der Waals surface area contributed by atoms with Gasteiger partial charge in [0.2, 0.25) is 0 Å². The van der Waals surface area contributed by atoms with Crippen LogP contribution >= 0.6 is 0 Å². The molecule has 0 N–H and O–H groups in total. The molecule has 0 radical (unpaired) electrons. The third kappa shape index (κ3) is 2.77. The highest BCUT2D eigenvalue weighted by molar-refractivity contribution is 6.62. The Labute approximate surface area is 145 Å². The van der Waals surface area contributed by atoms with Crippen molar-refractivity contribution in [1.29, 1.82) is 0 Å². The van der Waals surface area contributed by atoms with Crippen molar-refractivity contribution in [2.75, 3.05) is 6.61 Å². The SMILES string of the molecule is CC1(C)OB(c2cccc(OCC34CCC(CC3)O4)c2)OC1(C)C. The van der Waals surface area contributed by atoms with Crippen LogP contribution in [0.25, 0.3) is 0 Å². The largest absolute Gasteiger partial charge is 0.494 e. The molecule has 3 heterocycles. The van der Waals surface area contributed by atoms with Crippen molar-refractivity contribution in [1.82, 2.24) is 0 Å². The number of hydrogen-bond acceptors (Lipinski definition) is 4. The van der Waals surface area contributed by atoms with Crippen LogP contribution in [0, 0.1) is 0 Å². The zero-order chi connectivity index (χ0) is 17.0. The average Bonchev–Trinajstić information content (AvgIpc) is 3.18. The van der Waals surface area contributed by atoms with Gasteiger partial charge in [-0.05, 0) is 71.0 Å². The zero-order valence-electron chi connectivity index (χ0n) is 15.1. The summed E-state index contributed by atoms with van der Waals surface area (Å²) in [5.41, 5.74) is 0.291. The standard InChI is InChI=1S/C19H27BO4/c1-17(2)18(3,4)24-20(23-17)14-6-5-7-16(12-14)21-13-19-10-8-15(22-19)9-11-19/h5-7,12,15H,8-11,13H2,1-4H3. The Kier molecular flexibility index (Phi) is 3.75. The lowest BCUT2D eigenvalue weighted by atomic mass is 9.79. The molecular formula is C19H27BO4. The number of hydrogen-bond donors (Lipinski definition) is 0. The van der Waals surface area contributed by atoms with Crippen molar-refractivity contribution in [3.8, 4) is 5.75 Å². The van der Waals surface area contributed by atoms with E-state index in [1.165, 1.54) is 12.8 Å². The average molecular weight is 330 g/mol. The molecule has 3 aliphatic heterocycles. The molecule has 2 bridgehead atoms. The summed E-state index contributed by atoms with van der Waals surface area (Å²) in [6.45, 7) is 8.91. The smallest absolute Gasteiger partial charge is 0.491 e. The number of fused-ring (bicyclic) bond motifs is 2. The predicted octanol–water partition coefficient (Wildman–Crippen LogP) is 3.08. The van der Waals surface area contributed by atoms with Gasteiger partial charge in [0, 0.05) is 0 Å². The molecule has 0 aliphatic carbocycles. The van der Waals surface area contributed by atoms with Gasteiger partial charge in [0.1, 0.15) is 18.0 Å². The molecule has 5 heteroatoms. The lowest BCUT2D eigenvalue weighted by molar-refractivity contribution is -0.0198. The van der Waals surface area contributed by atoms with E-state index in [4.69, 9.17) is 18.8 Å². The quantitative estimate of drug-likeness (QED) is 0.795. The minimum absolute atomic E-state index is 0.0506. The molecule has 0 atom stereocenters. The Morgan fingerprint density at radius 1 is 1.08 bits per heavy atom. The Morgan fingerprint density at radius 2 is 1.75 bits per heavy atom. The highest BCUT2D eigenvalue weighted by Crippen LogP contribution is 2.43. The van der Waals surface area contributed by atoms with Gasteiger partial charge in [0.25, 0.3) is 0 Å². The fraction of sp³-hybridized carbons (Fsp3) is 0.684. The molecular weight excluding hydrogens is 303 g/mol. The summed E-state index contributed by atoms with van der Waals surface area (Å²) in [7, 11) is -0.352.